The SMILES string of the molecule is NC(=O)C1(c2cnccn2)CCCN1. The van der Waals surface area contributed by atoms with Crippen LogP contribution < -0.4 is 11.1 Å². The first-order valence-corrected chi connectivity index (χ1v) is 4.57. The molecule has 74 valence electrons. The summed E-state index contributed by atoms with van der Waals surface area (Å²) < 4.78 is 0. The number of hydrogen-bond acceptors (Lipinski definition) is 4. The van der Waals surface area contributed by atoms with E-state index < -0.39 is 5.54 Å². The topological polar surface area (TPSA) is 80.9 Å². The summed E-state index contributed by atoms with van der Waals surface area (Å²) in [4.78, 5) is 19.5. The van der Waals surface area contributed by atoms with E-state index in [2.05, 4.69) is 15.3 Å². The van der Waals surface area contributed by atoms with Crippen LogP contribution in [0.5, 0.6) is 0 Å². The van der Waals surface area contributed by atoms with E-state index in [1.54, 1.807) is 18.6 Å². The van der Waals surface area contributed by atoms with Gasteiger partial charge >= 0.3 is 0 Å². The van der Waals surface area contributed by atoms with Gasteiger partial charge in [-0.15, -0.1) is 0 Å². The first-order chi connectivity index (χ1) is 6.76. The Balaban J connectivity index is 2.42. The second kappa shape index (κ2) is 3.34. The number of primary amides is 1. The van der Waals surface area contributed by atoms with E-state index in [0.717, 1.165) is 13.0 Å². The van der Waals surface area contributed by atoms with Gasteiger partial charge in [0.25, 0.3) is 0 Å². The van der Waals surface area contributed by atoms with Crippen LogP contribution >= 0.6 is 0 Å². The highest BCUT2D eigenvalue weighted by Crippen LogP contribution is 2.28. The van der Waals surface area contributed by atoms with Gasteiger partial charge in [0.05, 0.1) is 11.9 Å². The fourth-order valence-electron chi connectivity index (χ4n) is 1.82. The van der Waals surface area contributed by atoms with Crippen LogP contribution in [-0.4, -0.2) is 22.4 Å². The minimum absolute atomic E-state index is 0.379. The Morgan fingerprint density at radius 2 is 2.43 bits per heavy atom. The second-order valence-electron chi connectivity index (χ2n) is 3.39. The van der Waals surface area contributed by atoms with Gasteiger partial charge in [-0.05, 0) is 19.4 Å². The highest BCUT2D eigenvalue weighted by Gasteiger charge is 2.42. The van der Waals surface area contributed by atoms with Crippen LogP contribution in [0.3, 0.4) is 0 Å². The van der Waals surface area contributed by atoms with E-state index in [4.69, 9.17) is 5.73 Å². The predicted octanol–water partition coefficient (Wildman–Crippen LogP) is -0.459. The molecule has 2 rings (SSSR count). The fourth-order valence-corrected chi connectivity index (χ4v) is 1.82. The monoisotopic (exact) mass is 192 g/mol. The first kappa shape index (κ1) is 9.08. The lowest BCUT2D eigenvalue weighted by atomic mass is 9.93. The quantitative estimate of drug-likeness (QED) is 0.664. The van der Waals surface area contributed by atoms with Crippen molar-refractivity contribution in [3.05, 3.63) is 24.3 Å². The van der Waals surface area contributed by atoms with Gasteiger partial charge in [-0.2, -0.15) is 0 Å². The van der Waals surface area contributed by atoms with Crippen molar-refractivity contribution >= 4 is 5.91 Å². The zero-order valence-electron chi connectivity index (χ0n) is 7.73. The summed E-state index contributed by atoms with van der Waals surface area (Å²) in [5.74, 6) is -0.379. The molecule has 0 saturated carbocycles. The minimum atomic E-state index is -0.797. The third-order valence-electron chi connectivity index (χ3n) is 2.58. The summed E-state index contributed by atoms with van der Waals surface area (Å²) in [6.45, 7) is 0.791. The molecule has 1 aliphatic rings. The van der Waals surface area contributed by atoms with Gasteiger partial charge in [0.2, 0.25) is 5.91 Å². The number of hydrogen-bond donors (Lipinski definition) is 2. The average Bonchev–Trinajstić information content (AvgIpc) is 2.69. The first-order valence-electron chi connectivity index (χ1n) is 4.57. The number of carbonyl (C=O) groups excluding carboxylic acids is 1. The number of amides is 1. The number of aromatic nitrogens is 2. The lowest BCUT2D eigenvalue weighted by molar-refractivity contribution is -0.124. The molecule has 1 saturated heterocycles. The molecule has 1 unspecified atom stereocenters. The maximum atomic E-state index is 11.4. The standard InChI is InChI=1S/C9H12N4O/c10-8(14)9(2-1-3-13-9)7-6-11-4-5-12-7/h4-6,13H,1-3H2,(H2,10,14). The summed E-state index contributed by atoms with van der Waals surface area (Å²) >= 11 is 0. The fraction of sp³-hybridized carbons (Fsp3) is 0.444. The van der Waals surface area contributed by atoms with Crippen LogP contribution in [0.2, 0.25) is 0 Å². The van der Waals surface area contributed by atoms with Gasteiger partial charge in [-0.25, -0.2) is 0 Å². The molecule has 0 radical (unpaired) electrons. The summed E-state index contributed by atoms with van der Waals surface area (Å²) in [5.41, 5.74) is 5.21. The Morgan fingerprint density at radius 3 is 2.93 bits per heavy atom. The molecule has 3 N–H and O–H groups in total. The number of nitrogens with zero attached hydrogens (tertiary/aromatic N) is 2. The highest BCUT2D eigenvalue weighted by molar-refractivity contribution is 5.85. The molecular formula is C9H12N4O. The number of nitrogens with one attached hydrogen (secondary N) is 1. The lowest BCUT2D eigenvalue weighted by Gasteiger charge is -2.24. The second-order valence-corrected chi connectivity index (χ2v) is 3.39. The zero-order chi connectivity index (χ0) is 10.0. The highest BCUT2D eigenvalue weighted by atomic mass is 16.1. The normalized spacial score (nSPS) is 26.3. The van der Waals surface area contributed by atoms with Gasteiger partial charge in [-0.1, -0.05) is 0 Å². The third-order valence-corrected chi connectivity index (χ3v) is 2.58. The molecule has 1 amide bonds. The Morgan fingerprint density at radius 1 is 1.57 bits per heavy atom. The molecule has 0 aliphatic carbocycles. The van der Waals surface area contributed by atoms with E-state index in [0.29, 0.717) is 12.1 Å². The zero-order valence-corrected chi connectivity index (χ0v) is 7.73. The van der Waals surface area contributed by atoms with Crippen molar-refractivity contribution in [2.45, 2.75) is 18.4 Å². The van der Waals surface area contributed by atoms with Crippen LogP contribution in [0, 0.1) is 0 Å². The van der Waals surface area contributed by atoms with Crippen molar-refractivity contribution in [3.63, 3.8) is 0 Å². The molecule has 1 atom stereocenters. The van der Waals surface area contributed by atoms with Gasteiger partial charge < -0.3 is 5.73 Å². The van der Waals surface area contributed by atoms with Crippen molar-refractivity contribution < 1.29 is 4.79 Å². The van der Waals surface area contributed by atoms with Crippen molar-refractivity contribution in [2.24, 2.45) is 5.73 Å². The predicted molar refractivity (Wildman–Crippen MR) is 50.1 cm³/mol. The Bertz CT molecular complexity index is 332. The Hall–Kier alpha value is -1.49. The van der Waals surface area contributed by atoms with Crippen LogP contribution in [-0.2, 0) is 10.3 Å². The van der Waals surface area contributed by atoms with Gasteiger partial charge in [0, 0.05) is 12.4 Å². The maximum absolute atomic E-state index is 11.4. The molecular weight excluding hydrogens is 180 g/mol. The van der Waals surface area contributed by atoms with Crippen molar-refractivity contribution in [1.82, 2.24) is 15.3 Å². The molecule has 0 aromatic carbocycles. The molecule has 0 spiro atoms. The smallest absolute Gasteiger partial charge is 0.244 e. The largest absolute Gasteiger partial charge is 0.368 e. The number of rotatable bonds is 2. The third kappa shape index (κ3) is 1.26. The molecule has 2 heterocycles. The lowest BCUT2D eigenvalue weighted by Crippen LogP contribution is -2.49. The molecule has 1 aromatic rings. The average molecular weight is 192 g/mol. The molecule has 5 heteroatoms. The molecule has 5 nitrogen and oxygen atoms in total. The van der Waals surface area contributed by atoms with Gasteiger partial charge in [0.15, 0.2) is 0 Å². The van der Waals surface area contributed by atoms with E-state index in [-0.39, 0.29) is 5.91 Å². The van der Waals surface area contributed by atoms with Crippen molar-refractivity contribution in [1.29, 1.82) is 0 Å². The molecule has 1 fully saturated rings. The molecule has 1 aliphatic heterocycles. The Labute approximate surface area is 81.7 Å². The van der Waals surface area contributed by atoms with E-state index in [1.807, 2.05) is 0 Å². The minimum Gasteiger partial charge on any atom is -0.368 e. The van der Waals surface area contributed by atoms with Crippen LogP contribution in [0.15, 0.2) is 18.6 Å². The van der Waals surface area contributed by atoms with Gasteiger partial charge in [-0.3, -0.25) is 20.1 Å². The number of carbonyl (C=O) groups is 1. The van der Waals surface area contributed by atoms with E-state index in [1.165, 1.54) is 0 Å². The van der Waals surface area contributed by atoms with Crippen molar-refractivity contribution in [3.8, 4) is 0 Å². The molecule has 0 bridgehead atoms. The van der Waals surface area contributed by atoms with Gasteiger partial charge in [0.1, 0.15) is 5.54 Å². The van der Waals surface area contributed by atoms with Crippen LogP contribution in [0.1, 0.15) is 18.5 Å². The van der Waals surface area contributed by atoms with Crippen LogP contribution in [0.4, 0.5) is 0 Å². The molecule has 1 aromatic heterocycles. The molecule has 14 heavy (non-hydrogen) atoms. The summed E-state index contributed by atoms with van der Waals surface area (Å²) in [5, 5.41) is 3.11. The van der Waals surface area contributed by atoms with E-state index in [9.17, 15) is 4.79 Å². The van der Waals surface area contributed by atoms with Crippen molar-refractivity contribution in [2.75, 3.05) is 6.54 Å². The summed E-state index contributed by atoms with van der Waals surface area (Å²) in [6, 6.07) is 0. The number of nitrogens with two attached hydrogens (primary N) is 1. The summed E-state index contributed by atoms with van der Waals surface area (Å²) in [7, 11) is 0. The maximum Gasteiger partial charge on any atom is 0.244 e. The summed E-state index contributed by atoms with van der Waals surface area (Å²) in [6.07, 6.45) is 6.36. The van der Waals surface area contributed by atoms with E-state index >= 15 is 0 Å². The Kier molecular flexibility index (Phi) is 2.17. The van der Waals surface area contributed by atoms with Crippen LogP contribution in [0.25, 0.3) is 0 Å².